The lowest BCUT2D eigenvalue weighted by Crippen LogP contribution is -2.57. The van der Waals surface area contributed by atoms with E-state index in [4.69, 9.17) is 21.7 Å². The summed E-state index contributed by atoms with van der Waals surface area (Å²) in [5.41, 5.74) is 8.04. The number of carboxylic acid groups (broad SMARTS) is 2. The second-order valence-corrected chi connectivity index (χ2v) is 2.95. The van der Waals surface area contributed by atoms with Crippen molar-refractivity contribution in [2.24, 2.45) is 11.5 Å². The van der Waals surface area contributed by atoms with Crippen LogP contribution in [0.4, 0.5) is 0 Å². The summed E-state index contributed by atoms with van der Waals surface area (Å²) < 4.78 is 0. The van der Waals surface area contributed by atoms with Gasteiger partial charge in [0.25, 0.3) is 0 Å². The van der Waals surface area contributed by atoms with Crippen LogP contribution in [-0.2, 0) is 14.4 Å². The molecule has 0 saturated carbocycles. The number of ketones is 1. The van der Waals surface area contributed by atoms with Crippen molar-refractivity contribution >= 4 is 17.7 Å². The smallest absolute Gasteiger partial charge is 0.338 e. The van der Waals surface area contributed by atoms with E-state index in [2.05, 4.69) is 0 Å². The summed E-state index contributed by atoms with van der Waals surface area (Å²) in [7, 11) is 0. The zero-order chi connectivity index (χ0) is 11.4. The summed E-state index contributed by atoms with van der Waals surface area (Å²) in [5, 5.41) is 16.7. The van der Waals surface area contributed by atoms with Crippen LogP contribution in [0.2, 0.25) is 0 Å². The number of carbonyl (C=O) groups excluding carboxylic acids is 1. The Bertz CT molecular complexity index is 261. The number of nitrogens with two attached hydrogens (primary N) is 2. The second-order valence-electron chi connectivity index (χ2n) is 2.95. The molecule has 0 spiro atoms. The fourth-order valence-electron chi connectivity index (χ4n) is 0.737. The van der Waals surface area contributed by atoms with E-state index in [9.17, 15) is 14.4 Å². The molecule has 0 aliphatic carbocycles. The quantitative estimate of drug-likeness (QED) is 0.385. The van der Waals surface area contributed by atoms with E-state index in [1.165, 1.54) is 0 Å². The maximum atomic E-state index is 11.0. The molecule has 0 fully saturated rings. The first kappa shape index (κ1) is 12.5. The molecule has 0 saturated heterocycles. The molecular formula is C7H12N2O5. The molecule has 0 aromatic rings. The molecule has 0 amide bonds. The SMILES string of the molecule is NC(N)(CC(=O)CCC(=O)O)C(=O)O. The van der Waals surface area contributed by atoms with E-state index < -0.39 is 29.8 Å². The van der Waals surface area contributed by atoms with Crippen LogP contribution in [0, 0.1) is 0 Å². The van der Waals surface area contributed by atoms with Crippen molar-refractivity contribution < 1.29 is 24.6 Å². The Kier molecular flexibility index (Phi) is 4.19. The van der Waals surface area contributed by atoms with Gasteiger partial charge in [-0.3, -0.25) is 9.59 Å². The molecule has 0 aromatic carbocycles. The topological polar surface area (TPSA) is 144 Å². The molecule has 7 nitrogen and oxygen atoms in total. The zero-order valence-electron chi connectivity index (χ0n) is 7.40. The molecule has 0 aliphatic rings. The van der Waals surface area contributed by atoms with Gasteiger partial charge >= 0.3 is 11.9 Å². The standard InChI is InChI=1S/C7H12N2O5/c8-7(9,6(13)14)3-4(10)1-2-5(11)12/h1-3,8-9H2,(H,11,12)(H,13,14). The summed E-state index contributed by atoms with van der Waals surface area (Å²) in [6.45, 7) is 0. The van der Waals surface area contributed by atoms with Crippen molar-refractivity contribution in [2.75, 3.05) is 0 Å². The molecular weight excluding hydrogens is 192 g/mol. The number of hydrogen-bond donors (Lipinski definition) is 4. The maximum Gasteiger partial charge on any atom is 0.338 e. The lowest BCUT2D eigenvalue weighted by Gasteiger charge is -2.17. The first-order valence-electron chi connectivity index (χ1n) is 3.80. The van der Waals surface area contributed by atoms with Crippen molar-refractivity contribution in [1.29, 1.82) is 0 Å². The van der Waals surface area contributed by atoms with Crippen LogP contribution in [0.5, 0.6) is 0 Å². The fraction of sp³-hybridized carbons (Fsp3) is 0.571. The van der Waals surface area contributed by atoms with Crippen molar-refractivity contribution in [3.63, 3.8) is 0 Å². The fourth-order valence-corrected chi connectivity index (χ4v) is 0.737. The van der Waals surface area contributed by atoms with Crippen molar-refractivity contribution in [3.05, 3.63) is 0 Å². The predicted molar refractivity (Wildman–Crippen MR) is 45.2 cm³/mol. The lowest BCUT2D eigenvalue weighted by atomic mass is 10.0. The lowest BCUT2D eigenvalue weighted by molar-refractivity contribution is -0.145. The highest BCUT2D eigenvalue weighted by Gasteiger charge is 2.31. The van der Waals surface area contributed by atoms with Crippen LogP contribution >= 0.6 is 0 Å². The number of Topliss-reactive ketones (excluding diaryl/α,β-unsaturated/α-hetero) is 1. The Balaban J connectivity index is 4.06. The first-order valence-corrected chi connectivity index (χ1v) is 3.80. The number of hydrogen-bond acceptors (Lipinski definition) is 5. The van der Waals surface area contributed by atoms with Crippen LogP contribution in [0.15, 0.2) is 0 Å². The van der Waals surface area contributed by atoms with E-state index in [0.29, 0.717) is 0 Å². The predicted octanol–water partition coefficient (Wildman–Crippen LogP) is -1.49. The molecule has 0 rings (SSSR count). The van der Waals surface area contributed by atoms with Crippen LogP contribution in [0.1, 0.15) is 19.3 Å². The van der Waals surface area contributed by atoms with Crippen LogP contribution in [0.25, 0.3) is 0 Å². The third-order valence-electron chi connectivity index (χ3n) is 1.51. The average Bonchev–Trinajstić information content (AvgIpc) is 1.99. The van der Waals surface area contributed by atoms with Gasteiger partial charge in [0.2, 0.25) is 0 Å². The third kappa shape index (κ3) is 4.53. The number of aliphatic carboxylic acids is 2. The van der Waals surface area contributed by atoms with Crippen molar-refractivity contribution in [2.45, 2.75) is 24.9 Å². The Hall–Kier alpha value is -1.47. The summed E-state index contributed by atoms with van der Waals surface area (Å²) in [6, 6.07) is 0. The van der Waals surface area contributed by atoms with Gasteiger partial charge in [0.15, 0.2) is 5.66 Å². The number of carboxylic acids is 2. The Morgan fingerprint density at radius 1 is 1.07 bits per heavy atom. The first-order chi connectivity index (χ1) is 6.25. The van der Waals surface area contributed by atoms with E-state index in [1.54, 1.807) is 0 Å². The minimum atomic E-state index is -2.12. The molecule has 6 N–H and O–H groups in total. The maximum absolute atomic E-state index is 11.0. The van der Waals surface area contributed by atoms with Gasteiger partial charge in [-0.05, 0) is 0 Å². The van der Waals surface area contributed by atoms with Crippen LogP contribution in [-0.4, -0.2) is 33.6 Å². The zero-order valence-corrected chi connectivity index (χ0v) is 7.40. The van der Waals surface area contributed by atoms with E-state index in [1.807, 2.05) is 0 Å². The normalized spacial score (nSPS) is 11.0. The Morgan fingerprint density at radius 2 is 1.57 bits per heavy atom. The molecule has 80 valence electrons. The molecule has 0 aliphatic heterocycles. The molecule has 0 bridgehead atoms. The molecule has 0 atom stereocenters. The Labute approximate surface area is 79.7 Å². The summed E-state index contributed by atoms with van der Waals surface area (Å²) in [5.74, 6) is -3.21. The largest absolute Gasteiger partial charge is 0.481 e. The monoisotopic (exact) mass is 204 g/mol. The molecule has 0 unspecified atom stereocenters. The van der Waals surface area contributed by atoms with E-state index >= 15 is 0 Å². The van der Waals surface area contributed by atoms with Crippen LogP contribution < -0.4 is 11.5 Å². The molecule has 0 aromatic heterocycles. The minimum absolute atomic E-state index is 0.265. The average molecular weight is 204 g/mol. The van der Waals surface area contributed by atoms with E-state index in [-0.39, 0.29) is 12.8 Å². The third-order valence-corrected chi connectivity index (χ3v) is 1.51. The van der Waals surface area contributed by atoms with Gasteiger partial charge in [0.05, 0.1) is 6.42 Å². The van der Waals surface area contributed by atoms with Crippen molar-refractivity contribution in [3.8, 4) is 0 Å². The summed E-state index contributed by atoms with van der Waals surface area (Å²) in [4.78, 5) is 31.4. The number of carbonyl (C=O) groups is 3. The molecule has 0 radical (unpaired) electrons. The molecule has 7 heteroatoms. The van der Waals surface area contributed by atoms with Gasteiger partial charge in [-0.25, -0.2) is 4.79 Å². The van der Waals surface area contributed by atoms with Crippen molar-refractivity contribution in [1.82, 2.24) is 0 Å². The van der Waals surface area contributed by atoms with Gasteiger partial charge in [0, 0.05) is 12.8 Å². The second kappa shape index (κ2) is 4.68. The minimum Gasteiger partial charge on any atom is -0.481 e. The summed E-state index contributed by atoms with van der Waals surface area (Å²) >= 11 is 0. The van der Waals surface area contributed by atoms with Crippen LogP contribution in [0.3, 0.4) is 0 Å². The van der Waals surface area contributed by atoms with Gasteiger partial charge in [-0.15, -0.1) is 0 Å². The highest BCUT2D eigenvalue weighted by molar-refractivity contribution is 5.89. The van der Waals surface area contributed by atoms with E-state index in [0.717, 1.165) is 0 Å². The Morgan fingerprint density at radius 3 is 1.93 bits per heavy atom. The highest BCUT2D eigenvalue weighted by Crippen LogP contribution is 2.04. The molecule has 14 heavy (non-hydrogen) atoms. The number of rotatable bonds is 6. The highest BCUT2D eigenvalue weighted by atomic mass is 16.4. The van der Waals surface area contributed by atoms with Gasteiger partial charge < -0.3 is 21.7 Å². The molecule has 0 heterocycles. The van der Waals surface area contributed by atoms with Gasteiger partial charge in [0.1, 0.15) is 5.78 Å². The van der Waals surface area contributed by atoms with Gasteiger partial charge in [-0.1, -0.05) is 0 Å². The van der Waals surface area contributed by atoms with Gasteiger partial charge in [-0.2, -0.15) is 0 Å². The summed E-state index contributed by atoms with van der Waals surface area (Å²) in [6.07, 6.45) is -1.19.